The Bertz CT molecular complexity index is 542. The van der Waals surface area contributed by atoms with Crippen molar-refractivity contribution < 1.29 is 4.79 Å². The molecule has 2 aliphatic rings. The molecular formula is C17H25ClN4O. The number of rotatable bonds is 5. The van der Waals surface area contributed by atoms with Gasteiger partial charge in [0.25, 0.3) is 0 Å². The molecule has 0 aromatic carbocycles. The number of carbonyl (C=O) groups excluding carboxylic acids is 1. The molecule has 1 amide bonds. The molecule has 6 heteroatoms. The van der Waals surface area contributed by atoms with Gasteiger partial charge in [0.05, 0.1) is 5.54 Å². The largest absolute Gasteiger partial charge is 0.354 e. The van der Waals surface area contributed by atoms with E-state index in [-0.39, 0.29) is 5.91 Å². The Morgan fingerprint density at radius 3 is 2.91 bits per heavy atom. The molecule has 1 saturated carbocycles. The van der Waals surface area contributed by atoms with Crippen LogP contribution in [0.2, 0.25) is 5.15 Å². The van der Waals surface area contributed by atoms with Crippen molar-refractivity contribution in [2.45, 2.75) is 44.2 Å². The molecular weight excluding hydrogens is 312 g/mol. The molecule has 3 rings (SSSR count). The summed E-state index contributed by atoms with van der Waals surface area (Å²) in [4.78, 5) is 18.8. The van der Waals surface area contributed by atoms with E-state index in [1.165, 1.54) is 5.56 Å². The average Bonchev–Trinajstić information content (AvgIpc) is 3.17. The molecule has 0 spiro atoms. The normalized spacial score (nSPS) is 24.0. The van der Waals surface area contributed by atoms with Gasteiger partial charge in [-0.3, -0.25) is 9.69 Å². The zero-order chi connectivity index (χ0) is 16.3. The van der Waals surface area contributed by atoms with E-state index in [1.807, 2.05) is 18.3 Å². The van der Waals surface area contributed by atoms with Crippen LogP contribution in [-0.2, 0) is 11.3 Å². The number of halogens is 1. The maximum absolute atomic E-state index is 12.3. The van der Waals surface area contributed by atoms with Crippen molar-refractivity contribution in [3.05, 3.63) is 29.0 Å². The van der Waals surface area contributed by atoms with Crippen LogP contribution >= 0.6 is 11.6 Å². The number of hydrogen-bond donors (Lipinski definition) is 2. The summed E-state index contributed by atoms with van der Waals surface area (Å²) >= 11 is 5.81. The third-order valence-corrected chi connectivity index (χ3v) is 5.29. The minimum atomic E-state index is -0.618. The van der Waals surface area contributed by atoms with Crippen molar-refractivity contribution in [1.29, 1.82) is 0 Å². The minimum Gasteiger partial charge on any atom is -0.354 e. The highest BCUT2D eigenvalue weighted by molar-refractivity contribution is 6.29. The Labute approximate surface area is 142 Å². The van der Waals surface area contributed by atoms with Gasteiger partial charge < -0.3 is 11.1 Å². The molecule has 3 N–H and O–H groups in total. The number of nitrogens with zero attached hydrogens (tertiary/aromatic N) is 2. The van der Waals surface area contributed by atoms with E-state index >= 15 is 0 Å². The average molecular weight is 337 g/mol. The number of carbonyl (C=O) groups is 1. The Balaban J connectivity index is 1.43. The molecule has 0 radical (unpaired) electrons. The molecule has 1 aromatic rings. The molecule has 1 aliphatic carbocycles. The Kier molecular flexibility index (Phi) is 5.19. The lowest BCUT2D eigenvalue weighted by molar-refractivity contribution is -0.126. The van der Waals surface area contributed by atoms with Gasteiger partial charge in [-0.15, -0.1) is 0 Å². The van der Waals surface area contributed by atoms with E-state index in [9.17, 15) is 4.79 Å². The first-order valence-corrected chi connectivity index (χ1v) is 8.83. The van der Waals surface area contributed by atoms with Gasteiger partial charge in [-0.25, -0.2) is 4.98 Å². The van der Waals surface area contributed by atoms with Crippen LogP contribution < -0.4 is 11.1 Å². The van der Waals surface area contributed by atoms with Gasteiger partial charge >= 0.3 is 0 Å². The molecule has 23 heavy (non-hydrogen) atoms. The number of aromatic nitrogens is 1. The van der Waals surface area contributed by atoms with Crippen molar-refractivity contribution in [2.24, 2.45) is 11.7 Å². The zero-order valence-corrected chi connectivity index (χ0v) is 14.2. The van der Waals surface area contributed by atoms with Gasteiger partial charge in [0.15, 0.2) is 0 Å². The Morgan fingerprint density at radius 2 is 2.22 bits per heavy atom. The predicted octanol–water partition coefficient (Wildman–Crippen LogP) is 1.94. The van der Waals surface area contributed by atoms with Crippen LogP contribution in [-0.4, -0.2) is 41.0 Å². The highest BCUT2D eigenvalue weighted by atomic mass is 35.5. The quantitative estimate of drug-likeness (QED) is 0.806. The number of hydrogen-bond acceptors (Lipinski definition) is 4. The molecule has 5 nitrogen and oxygen atoms in total. The summed E-state index contributed by atoms with van der Waals surface area (Å²) in [6, 6.07) is 3.84. The molecule has 2 heterocycles. The number of pyridine rings is 1. The molecule has 1 unspecified atom stereocenters. The van der Waals surface area contributed by atoms with E-state index in [2.05, 4.69) is 15.2 Å². The first-order chi connectivity index (χ1) is 11.0. The molecule has 0 bridgehead atoms. The smallest absolute Gasteiger partial charge is 0.240 e. The van der Waals surface area contributed by atoms with Crippen molar-refractivity contribution >= 4 is 17.5 Å². The van der Waals surface area contributed by atoms with Gasteiger partial charge in [-0.05, 0) is 43.4 Å². The van der Waals surface area contributed by atoms with Crippen LogP contribution in [0.15, 0.2) is 18.3 Å². The van der Waals surface area contributed by atoms with Crippen molar-refractivity contribution in [3.63, 3.8) is 0 Å². The van der Waals surface area contributed by atoms with Crippen molar-refractivity contribution in [3.8, 4) is 0 Å². The number of nitrogens with one attached hydrogen (secondary N) is 1. The van der Waals surface area contributed by atoms with Gasteiger partial charge in [-0.1, -0.05) is 30.5 Å². The van der Waals surface area contributed by atoms with E-state index in [1.54, 1.807) is 0 Å². The summed E-state index contributed by atoms with van der Waals surface area (Å²) in [7, 11) is 0. The second-order valence-corrected chi connectivity index (χ2v) is 7.34. The van der Waals surface area contributed by atoms with Crippen LogP contribution in [0.25, 0.3) is 0 Å². The monoisotopic (exact) mass is 336 g/mol. The summed E-state index contributed by atoms with van der Waals surface area (Å²) in [5.74, 6) is 0.541. The number of amides is 1. The van der Waals surface area contributed by atoms with E-state index in [0.717, 1.165) is 58.3 Å². The highest BCUT2D eigenvalue weighted by Gasteiger charge is 2.37. The molecule has 1 aromatic heterocycles. The van der Waals surface area contributed by atoms with Gasteiger partial charge in [0, 0.05) is 25.8 Å². The number of likely N-dealkylation sites (tertiary alicyclic amines) is 1. The summed E-state index contributed by atoms with van der Waals surface area (Å²) in [6.45, 7) is 3.67. The first kappa shape index (κ1) is 16.7. The second kappa shape index (κ2) is 7.16. The first-order valence-electron chi connectivity index (χ1n) is 8.45. The van der Waals surface area contributed by atoms with Gasteiger partial charge in [0.1, 0.15) is 5.15 Å². The summed E-state index contributed by atoms with van der Waals surface area (Å²) < 4.78 is 0. The van der Waals surface area contributed by atoms with E-state index in [4.69, 9.17) is 17.3 Å². The van der Waals surface area contributed by atoms with Crippen molar-refractivity contribution in [1.82, 2.24) is 15.2 Å². The summed E-state index contributed by atoms with van der Waals surface area (Å²) in [6.07, 6.45) is 6.71. The molecule has 1 saturated heterocycles. The number of nitrogens with two attached hydrogens (primary N) is 1. The lowest BCUT2D eigenvalue weighted by Gasteiger charge is -2.23. The minimum absolute atomic E-state index is 0.0374. The lowest BCUT2D eigenvalue weighted by Crippen LogP contribution is -2.52. The standard InChI is InChI=1S/C17H25ClN4O/c18-15-4-3-13(9-20-15)11-22-8-5-14(12-22)10-21-16(23)17(19)6-1-2-7-17/h3-4,9,14H,1-2,5-8,10-12,19H2,(H,21,23). The Morgan fingerprint density at radius 1 is 1.43 bits per heavy atom. The van der Waals surface area contributed by atoms with Crippen LogP contribution in [0, 0.1) is 5.92 Å². The molecule has 1 atom stereocenters. The van der Waals surface area contributed by atoms with Crippen LogP contribution in [0.4, 0.5) is 0 Å². The van der Waals surface area contributed by atoms with E-state index < -0.39 is 5.54 Å². The molecule has 1 aliphatic heterocycles. The second-order valence-electron chi connectivity index (χ2n) is 6.95. The SMILES string of the molecule is NC1(C(=O)NCC2CCN(Cc3ccc(Cl)nc3)C2)CCCC1. The fourth-order valence-electron chi connectivity index (χ4n) is 3.63. The zero-order valence-electron chi connectivity index (χ0n) is 13.4. The maximum atomic E-state index is 12.3. The molecule has 126 valence electrons. The third kappa shape index (κ3) is 4.22. The highest BCUT2D eigenvalue weighted by Crippen LogP contribution is 2.27. The Hall–Kier alpha value is -1.17. The van der Waals surface area contributed by atoms with E-state index in [0.29, 0.717) is 11.1 Å². The van der Waals surface area contributed by atoms with Crippen LogP contribution in [0.1, 0.15) is 37.7 Å². The predicted molar refractivity (Wildman–Crippen MR) is 91.0 cm³/mol. The van der Waals surface area contributed by atoms with Crippen LogP contribution in [0.5, 0.6) is 0 Å². The molecule has 2 fully saturated rings. The van der Waals surface area contributed by atoms with Gasteiger partial charge in [-0.2, -0.15) is 0 Å². The summed E-state index contributed by atoms with van der Waals surface area (Å²) in [5.41, 5.74) is 6.74. The maximum Gasteiger partial charge on any atom is 0.240 e. The fraction of sp³-hybridized carbons (Fsp3) is 0.647. The summed E-state index contributed by atoms with van der Waals surface area (Å²) in [5, 5.41) is 3.60. The lowest BCUT2D eigenvalue weighted by atomic mass is 9.97. The third-order valence-electron chi connectivity index (χ3n) is 5.06. The fourth-order valence-corrected chi connectivity index (χ4v) is 3.74. The van der Waals surface area contributed by atoms with Gasteiger partial charge in [0.2, 0.25) is 5.91 Å². The topological polar surface area (TPSA) is 71.2 Å². The van der Waals surface area contributed by atoms with Crippen molar-refractivity contribution in [2.75, 3.05) is 19.6 Å². The van der Waals surface area contributed by atoms with Crippen LogP contribution in [0.3, 0.4) is 0 Å².